The molecule has 1 aliphatic heterocycles. The van der Waals surface area contributed by atoms with Crippen LogP contribution in [0.2, 0.25) is 0 Å². The Morgan fingerprint density at radius 3 is 2.69 bits per heavy atom. The molecule has 16 heavy (non-hydrogen) atoms. The summed E-state index contributed by atoms with van der Waals surface area (Å²) in [6, 6.07) is 0. The van der Waals surface area contributed by atoms with Crippen LogP contribution in [0.15, 0.2) is 0 Å². The third kappa shape index (κ3) is 3.19. The number of hydrogen-bond acceptors (Lipinski definition) is 3. The Morgan fingerprint density at radius 2 is 2.25 bits per heavy atom. The fraction of sp³-hybridized carbons (Fsp3) is 0.917. The smallest absolute Gasteiger partial charge is 0.249 e. The van der Waals surface area contributed by atoms with Crippen LogP contribution >= 0.6 is 0 Å². The van der Waals surface area contributed by atoms with Gasteiger partial charge >= 0.3 is 0 Å². The molecular formula is C12H24N2O2. The van der Waals surface area contributed by atoms with Gasteiger partial charge in [-0.05, 0) is 32.1 Å². The van der Waals surface area contributed by atoms with Crippen molar-refractivity contribution in [3.63, 3.8) is 0 Å². The molecule has 1 saturated heterocycles. The Labute approximate surface area is 97.9 Å². The average Bonchev–Trinajstić information content (AvgIpc) is 2.29. The molecule has 0 bridgehead atoms. The van der Waals surface area contributed by atoms with E-state index in [1.165, 1.54) is 0 Å². The molecule has 4 heteroatoms. The van der Waals surface area contributed by atoms with Crippen LogP contribution in [-0.2, 0) is 9.53 Å². The highest BCUT2D eigenvalue weighted by molar-refractivity contribution is 5.81. The fourth-order valence-corrected chi connectivity index (χ4v) is 1.74. The molecule has 1 rings (SSSR count). The molecule has 0 aromatic heterocycles. The summed E-state index contributed by atoms with van der Waals surface area (Å²) in [5, 5.41) is 3.02. The van der Waals surface area contributed by atoms with Gasteiger partial charge in [0.25, 0.3) is 0 Å². The van der Waals surface area contributed by atoms with Gasteiger partial charge in [0.1, 0.15) is 6.10 Å². The second-order valence-corrected chi connectivity index (χ2v) is 5.12. The minimum absolute atomic E-state index is 0.0126. The summed E-state index contributed by atoms with van der Waals surface area (Å²) < 4.78 is 5.46. The van der Waals surface area contributed by atoms with Gasteiger partial charge in [-0.15, -0.1) is 0 Å². The summed E-state index contributed by atoms with van der Waals surface area (Å²) >= 11 is 0. The predicted molar refractivity (Wildman–Crippen MR) is 64.0 cm³/mol. The Balaban J connectivity index is 2.54. The number of carbonyl (C=O) groups excluding carboxylic acids is 1. The normalized spacial score (nSPS) is 25.2. The van der Waals surface area contributed by atoms with Crippen molar-refractivity contribution in [1.82, 2.24) is 5.32 Å². The van der Waals surface area contributed by atoms with E-state index in [1.807, 2.05) is 6.92 Å². The highest BCUT2D eigenvalue weighted by Gasteiger charge is 2.32. The zero-order valence-electron chi connectivity index (χ0n) is 10.6. The summed E-state index contributed by atoms with van der Waals surface area (Å²) in [5.41, 5.74) is 5.39. The third-order valence-corrected chi connectivity index (χ3v) is 3.58. The van der Waals surface area contributed by atoms with Crippen molar-refractivity contribution in [2.24, 2.45) is 11.7 Å². The maximum absolute atomic E-state index is 12.0. The minimum atomic E-state index is -0.335. The number of ether oxygens (including phenoxy) is 1. The van der Waals surface area contributed by atoms with E-state index in [1.54, 1.807) is 0 Å². The van der Waals surface area contributed by atoms with Crippen LogP contribution in [0.3, 0.4) is 0 Å². The van der Waals surface area contributed by atoms with E-state index in [-0.39, 0.29) is 17.6 Å². The Bertz CT molecular complexity index is 237. The zero-order valence-corrected chi connectivity index (χ0v) is 10.6. The maximum atomic E-state index is 12.0. The highest BCUT2D eigenvalue weighted by Crippen LogP contribution is 2.18. The van der Waals surface area contributed by atoms with Crippen molar-refractivity contribution in [2.45, 2.75) is 51.7 Å². The Kier molecular flexibility index (Phi) is 4.74. The molecule has 0 aromatic carbocycles. The lowest BCUT2D eigenvalue weighted by Crippen LogP contribution is -2.57. The van der Waals surface area contributed by atoms with Gasteiger partial charge in [0, 0.05) is 13.2 Å². The third-order valence-electron chi connectivity index (χ3n) is 3.58. The first-order chi connectivity index (χ1) is 7.49. The van der Waals surface area contributed by atoms with Gasteiger partial charge in [-0.2, -0.15) is 0 Å². The van der Waals surface area contributed by atoms with Crippen LogP contribution in [0.5, 0.6) is 0 Å². The quantitative estimate of drug-likeness (QED) is 0.756. The SMILES string of the molecule is CC(C)C(C)(CN)NC(=O)C1CCCCO1. The zero-order chi connectivity index (χ0) is 12.2. The number of rotatable bonds is 4. The molecule has 94 valence electrons. The van der Waals surface area contributed by atoms with Crippen molar-refractivity contribution >= 4 is 5.91 Å². The Morgan fingerprint density at radius 1 is 1.56 bits per heavy atom. The lowest BCUT2D eigenvalue weighted by molar-refractivity contribution is -0.137. The number of amides is 1. The standard InChI is InChI=1S/C12H24N2O2/c1-9(2)12(3,8-13)14-11(15)10-6-4-5-7-16-10/h9-10H,4-8,13H2,1-3H3,(H,14,15). The molecule has 2 unspecified atom stereocenters. The largest absolute Gasteiger partial charge is 0.368 e. The van der Waals surface area contributed by atoms with Gasteiger partial charge in [-0.25, -0.2) is 0 Å². The lowest BCUT2D eigenvalue weighted by atomic mass is 9.88. The first-order valence-electron chi connectivity index (χ1n) is 6.13. The molecule has 0 radical (unpaired) electrons. The number of carbonyl (C=O) groups is 1. The molecule has 1 heterocycles. The second kappa shape index (κ2) is 5.64. The summed E-state index contributed by atoms with van der Waals surface area (Å²) in [6.07, 6.45) is 2.67. The van der Waals surface area contributed by atoms with Crippen LogP contribution in [0.25, 0.3) is 0 Å². The van der Waals surface area contributed by atoms with Crippen molar-refractivity contribution < 1.29 is 9.53 Å². The van der Waals surface area contributed by atoms with E-state index in [4.69, 9.17) is 10.5 Å². The van der Waals surface area contributed by atoms with Crippen LogP contribution in [0, 0.1) is 5.92 Å². The van der Waals surface area contributed by atoms with Gasteiger partial charge in [-0.3, -0.25) is 4.79 Å². The molecule has 3 N–H and O–H groups in total. The number of nitrogens with one attached hydrogen (secondary N) is 1. The van der Waals surface area contributed by atoms with E-state index in [2.05, 4.69) is 19.2 Å². The van der Waals surface area contributed by atoms with Gasteiger partial charge in [0.05, 0.1) is 5.54 Å². The molecule has 1 amide bonds. The maximum Gasteiger partial charge on any atom is 0.249 e. The lowest BCUT2D eigenvalue weighted by Gasteiger charge is -2.35. The van der Waals surface area contributed by atoms with Crippen molar-refractivity contribution in [3.8, 4) is 0 Å². The average molecular weight is 228 g/mol. The molecule has 0 aliphatic carbocycles. The van der Waals surface area contributed by atoms with Crippen molar-refractivity contribution in [1.29, 1.82) is 0 Å². The van der Waals surface area contributed by atoms with Crippen LogP contribution in [0.1, 0.15) is 40.0 Å². The van der Waals surface area contributed by atoms with Gasteiger partial charge in [-0.1, -0.05) is 13.8 Å². The molecule has 0 saturated carbocycles. The number of hydrogen-bond donors (Lipinski definition) is 2. The van der Waals surface area contributed by atoms with Crippen LogP contribution < -0.4 is 11.1 Å². The van der Waals surface area contributed by atoms with Gasteiger partial charge in [0.2, 0.25) is 5.91 Å². The Hall–Kier alpha value is -0.610. The highest BCUT2D eigenvalue weighted by atomic mass is 16.5. The predicted octanol–water partition coefficient (Wildman–Crippen LogP) is 1.05. The summed E-state index contributed by atoms with van der Waals surface area (Å²) in [7, 11) is 0. The van der Waals surface area contributed by atoms with E-state index in [0.29, 0.717) is 19.1 Å². The molecule has 0 aromatic rings. The van der Waals surface area contributed by atoms with E-state index in [9.17, 15) is 4.79 Å². The molecule has 1 fully saturated rings. The first kappa shape index (κ1) is 13.5. The topological polar surface area (TPSA) is 64.3 Å². The molecule has 1 aliphatic rings. The van der Waals surface area contributed by atoms with E-state index >= 15 is 0 Å². The van der Waals surface area contributed by atoms with E-state index < -0.39 is 0 Å². The van der Waals surface area contributed by atoms with Crippen LogP contribution in [0.4, 0.5) is 0 Å². The fourth-order valence-electron chi connectivity index (χ4n) is 1.74. The monoisotopic (exact) mass is 228 g/mol. The molecular weight excluding hydrogens is 204 g/mol. The van der Waals surface area contributed by atoms with Gasteiger partial charge in [0.15, 0.2) is 0 Å². The minimum Gasteiger partial charge on any atom is -0.368 e. The molecule has 4 nitrogen and oxygen atoms in total. The first-order valence-corrected chi connectivity index (χ1v) is 6.13. The summed E-state index contributed by atoms with van der Waals surface area (Å²) in [4.78, 5) is 12.0. The van der Waals surface area contributed by atoms with Crippen molar-refractivity contribution in [2.75, 3.05) is 13.2 Å². The summed E-state index contributed by atoms with van der Waals surface area (Å²) in [6.45, 7) is 7.25. The van der Waals surface area contributed by atoms with Gasteiger partial charge < -0.3 is 15.8 Å². The molecule has 0 spiro atoms. The molecule has 2 atom stereocenters. The number of nitrogens with two attached hydrogens (primary N) is 1. The van der Waals surface area contributed by atoms with Crippen LogP contribution in [-0.4, -0.2) is 30.7 Å². The summed E-state index contributed by atoms with van der Waals surface area (Å²) in [5.74, 6) is 0.298. The van der Waals surface area contributed by atoms with E-state index in [0.717, 1.165) is 19.3 Å². The van der Waals surface area contributed by atoms with Crippen molar-refractivity contribution in [3.05, 3.63) is 0 Å². The second-order valence-electron chi connectivity index (χ2n) is 5.12.